The molecule has 7 nitrogen and oxygen atoms in total. The van der Waals surface area contributed by atoms with E-state index in [1.165, 1.54) is 5.56 Å². The van der Waals surface area contributed by atoms with Gasteiger partial charge in [-0.3, -0.25) is 14.6 Å². The van der Waals surface area contributed by atoms with E-state index in [4.69, 9.17) is 4.98 Å². The highest BCUT2D eigenvalue weighted by molar-refractivity contribution is 5.80. The molecule has 4 rings (SSSR count). The van der Waals surface area contributed by atoms with Gasteiger partial charge in [-0.2, -0.15) is 0 Å². The van der Waals surface area contributed by atoms with Crippen LogP contribution in [-0.2, 0) is 22.4 Å². The number of amides is 1. The summed E-state index contributed by atoms with van der Waals surface area (Å²) in [7, 11) is 0. The second kappa shape index (κ2) is 10.2. The number of carboxylic acid groups (broad SMARTS) is 1. The van der Waals surface area contributed by atoms with Crippen molar-refractivity contribution in [2.24, 2.45) is 0 Å². The summed E-state index contributed by atoms with van der Waals surface area (Å²) in [5.74, 6) is -0.118. The predicted octanol–water partition coefficient (Wildman–Crippen LogP) is 4.03. The van der Waals surface area contributed by atoms with Crippen molar-refractivity contribution in [1.82, 2.24) is 15.3 Å². The average molecular weight is 433 g/mol. The molecule has 32 heavy (non-hydrogen) atoms. The molecule has 0 bridgehead atoms. The number of aryl methyl sites for hydroxylation is 2. The lowest BCUT2D eigenvalue weighted by Gasteiger charge is -2.18. The minimum atomic E-state index is -0.962. The van der Waals surface area contributed by atoms with Gasteiger partial charge in [-0.1, -0.05) is 24.3 Å². The summed E-state index contributed by atoms with van der Waals surface area (Å²) in [5.41, 5.74) is 3.84. The van der Waals surface area contributed by atoms with Crippen LogP contribution in [0.15, 0.2) is 48.7 Å². The zero-order valence-electron chi connectivity index (χ0n) is 18.0. The lowest BCUT2D eigenvalue weighted by Crippen LogP contribution is -2.30. The molecule has 3 aromatic rings. The summed E-state index contributed by atoms with van der Waals surface area (Å²) in [6.07, 6.45) is 6.40. The molecule has 0 unspecified atom stereocenters. The van der Waals surface area contributed by atoms with Gasteiger partial charge >= 0.3 is 5.97 Å². The standard InChI is InChI=1S/C25H28N4O3/c30-23(10-4-2-8-20-12-11-17-7-5-13-26-25(17)28-20)29-22(15-24(31)32)19-14-18-6-1-3-9-21(18)27-16-19/h1,3,6,9,11-12,14,16,22H,2,4-5,7-8,10,13,15H2,(H,26,28)(H,29,30)(H,31,32)/t22-/m0/s1. The van der Waals surface area contributed by atoms with Gasteiger partial charge < -0.3 is 15.7 Å². The van der Waals surface area contributed by atoms with Gasteiger partial charge in [0, 0.05) is 30.2 Å². The van der Waals surface area contributed by atoms with E-state index in [1.54, 1.807) is 6.20 Å². The Morgan fingerprint density at radius 1 is 1.16 bits per heavy atom. The molecule has 1 aliphatic rings. The van der Waals surface area contributed by atoms with Crippen LogP contribution in [0.1, 0.15) is 55.0 Å². The van der Waals surface area contributed by atoms with Gasteiger partial charge in [0.2, 0.25) is 5.91 Å². The van der Waals surface area contributed by atoms with Crippen LogP contribution in [0, 0.1) is 0 Å². The van der Waals surface area contributed by atoms with E-state index >= 15 is 0 Å². The normalized spacial score (nSPS) is 13.8. The lowest BCUT2D eigenvalue weighted by molar-refractivity contribution is -0.137. The minimum absolute atomic E-state index is 0.149. The van der Waals surface area contributed by atoms with Crippen LogP contribution in [0.4, 0.5) is 5.82 Å². The topological polar surface area (TPSA) is 104 Å². The van der Waals surface area contributed by atoms with Crippen molar-refractivity contribution < 1.29 is 14.7 Å². The predicted molar refractivity (Wildman–Crippen MR) is 123 cm³/mol. The number of hydrogen-bond donors (Lipinski definition) is 3. The number of para-hydroxylation sites is 1. The van der Waals surface area contributed by atoms with Crippen LogP contribution < -0.4 is 10.6 Å². The number of anilines is 1. The number of hydrogen-bond acceptors (Lipinski definition) is 5. The fourth-order valence-electron chi connectivity index (χ4n) is 4.07. The summed E-state index contributed by atoms with van der Waals surface area (Å²) in [5, 5.41) is 16.5. The Morgan fingerprint density at radius 3 is 2.91 bits per heavy atom. The zero-order valence-corrected chi connectivity index (χ0v) is 18.0. The van der Waals surface area contributed by atoms with Gasteiger partial charge in [0.15, 0.2) is 0 Å². The Balaban J connectivity index is 1.30. The Morgan fingerprint density at radius 2 is 2.03 bits per heavy atom. The number of carboxylic acids is 1. The maximum Gasteiger partial charge on any atom is 0.305 e. The van der Waals surface area contributed by atoms with E-state index in [-0.39, 0.29) is 12.3 Å². The third-order valence-electron chi connectivity index (χ3n) is 5.77. The number of benzene rings is 1. The van der Waals surface area contributed by atoms with Crippen molar-refractivity contribution in [2.75, 3.05) is 11.9 Å². The molecule has 0 aliphatic carbocycles. The molecule has 0 saturated heterocycles. The van der Waals surface area contributed by atoms with Crippen LogP contribution >= 0.6 is 0 Å². The highest BCUT2D eigenvalue weighted by atomic mass is 16.4. The smallest absolute Gasteiger partial charge is 0.305 e. The molecule has 1 aliphatic heterocycles. The summed E-state index contributed by atoms with van der Waals surface area (Å²) in [6, 6.07) is 13.1. The SMILES string of the molecule is O=C(O)C[C@H](NC(=O)CCCCc1ccc2c(n1)NCCC2)c1cnc2ccccc2c1. The molecule has 0 radical (unpaired) electrons. The Kier molecular flexibility index (Phi) is 6.94. The van der Waals surface area contributed by atoms with Crippen LogP contribution in [0.25, 0.3) is 10.9 Å². The van der Waals surface area contributed by atoms with Crippen molar-refractivity contribution in [3.63, 3.8) is 0 Å². The second-order valence-corrected chi connectivity index (χ2v) is 8.23. The lowest BCUT2D eigenvalue weighted by atomic mass is 10.0. The Labute approximate surface area is 187 Å². The molecule has 2 aromatic heterocycles. The number of aliphatic carboxylic acids is 1. The van der Waals surface area contributed by atoms with Crippen molar-refractivity contribution in [3.8, 4) is 0 Å². The first kappa shape index (κ1) is 21.7. The van der Waals surface area contributed by atoms with Crippen molar-refractivity contribution in [2.45, 2.75) is 51.0 Å². The molecule has 1 atom stereocenters. The van der Waals surface area contributed by atoms with Crippen LogP contribution in [0.2, 0.25) is 0 Å². The average Bonchev–Trinajstić information content (AvgIpc) is 2.80. The minimum Gasteiger partial charge on any atom is -0.481 e. The number of carbonyl (C=O) groups is 2. The molecule has 1 amide bonds. The maximum absolute atomic E-state index is 12.5. The van der Waals surface area contributed by atoms with Gasteiger partial charge in [-0.25, -0.2) is 4.98 Å². The second-order valence-electron chi connectivity index (χ2n) is 8.23. The van der Waals surface area contributed by atoms with E-state index in [2.05, 4.69) is 27.8 Å². The molecule has 7 heteroatoms. The molecule has 3 N–H and O–H groups in total. The largest absolute Gasteiger partial charge is 0.481 e. The Bertz CT molecular complexity index is 1120. The highest BCUT2D eigenvalue weighted by Crippen LogP contribution is 2.22. The van der Waals surface area contributed by atoms with Gasteiger partial charge in [-0.05, 0) is 61.4 Å². The summed E-state index contributed by atoms with van der Waals surface area (Å²) in [4.78, 5) is 33.0. The van der Waals surface area contributed by atoms with E-state index < -0.39 is 12.0 Å². The number of pyridine rings is 2. The number of nitrogens with one attached hydrogen (secondary N) is 2. The van der Waals surface area contributed by atoms with E-state index in [1.807, 2.05) is 30.3 Å². The number of unbranched alkanes of at least 4 members (excludes halogenated alkanes) is 1. The molecule has 0 spiro atoms. The first-order valence-electron chi connectivity index (χ1n) is 11.2. The molecular formula is C25H28N4O3. The maximum atomic E-state index is 12.5. The molecule has 3 heterocycles. The molecular weight excluding hydrogens is 404 g/mol. The first-order valence-corrected chi connectivity index (χ1v) is 11.2. The van der Waals surface area contributed by atoms with Gasteiger partial charge in [0.05, 0.1) is 18.0 Å². The van der Waals surface area contributed by atoms with Gasteiger partial charge in [0.25, 0.3) is 0 Å². The van der Waals surface area contributed by atoms with Gasteiger partial charge in [0.1, 0.15) is 5.82 Å². The van der Waals surface area contributed by atoms with E-state index in [0.717, 1.165) is 54.6 Å². The summed E-state index contributed by atoms with van der Waals surface area (Å²) >= 11 is 0. The van der Waals surface area contributed by atoms with E-state index in [9.17, 15) is 14.7 Å². The fraction of sp³-hybridized carbons (Fsp3) is 0.360. The van der Waals surface area contributed by atoms with Crippen LogP contribution in [0.5, 0.6) is 0 Å². The number of fused-ring (bicyclic) bond motifs is 2. The number of rotatable bonds is 9. The van der Waals surface area contributed by atoms with Crippen LogP contribution in [-0.4, -0.2) is 33.5 Å². The quantitative estimate of drug-likeness (QED) is 0.441. The fourth-order valence-corrected chi connectivity index (χ4v) is 4.07. The molecule has 166 valence electrons. The highest BCUT2D eigenvalue weighted by Gasteiger charge is 2.19. The van der Waals surface area contributed by atoms with Crippen molar-refractivity contribution in [3.05, 3.63) is 65.5 Å². The summed E-state index contributed by atoms with van der Waals surface area (Å²) < 4.78 is 0. The number of aromatic nitrogens is 2. The third kappa shape index (κ3) is 5.60. The van der Waals surface area contributed by atoms with Gasteiger partial charge in [-0.15, -0.1) is 0 Å². The molecule has 1 aromatic carbocycles. The Hall–Kier alpha value is -3.48. The molecule has 0 saturated carbocycles. The van der Waals surface area contributed by atoms with Crippen molar-refractivity contribution in [1.29, 1.82) is 0 Å². The van der Waals surface area contributed by atoms with Crippen LogP contribution in [0.3, 0.4) is 0 Å². The zero-order chi connectivity index (χ0) is 22.3. The van der Waals surface area contributed by atoms with E-state index in [0.29, 0.717) is 18.4 Å². The first-order chi connectivity index (χ1) is 15.6. The molecule has 0 fully saturated rings. The summed E-state index contributed by atoms with van der Waals surface area (Å²) in [6.45, 7) is 0.966. The number of nitrogens with zero attached hydrogens (tertiary/aromatic N) is 2. The van der Waals surface area contributed by atoms with Crippen molar-refractivity contribution >= 4 is 28.6 Å². The third-order valence-corrected chi connectivity index (χ3v) is 5.77. The monoisotopic (exact) mass is 432 g/mol. The number of carbonyl (C=O) groups excluding carboxylic acids is 1.